The third-order valence-corrected chi connectivity index (χ3v) is 3.00. The van der Waals surface area contributed by atoms with E-state index in [9.17, 15) is 9.59 Å². The summed E-state index contributed by atoms with van der Waals surface area (Å²) in [5.74, 6) is -0.0121. The minimum Gasteiger partial charge on any atom is -0.444 e. The van der Waals surface area contributed by atoms with E-state index < -0.39 is 5.60 Å². The summed E-state index contributed by atoms with van der Waals surface area (Å²) in [6.07, 6.45) is 1.62. The molecule has 2 N–H and O–H groups in total. The molecular weight excluding hydrogens is 258 g/mol. The van der Waals surface area contributed by atoms with Gasteiger partial charge in [-0.15, -0.1) is 0 Å². The first kappa shape index (κ1) is 16.8. The van der Waals surface area contributed by atoms with Gasteiger partial charge in [0.25, 0.3) is 0 Å². The second-order valence-electron chi connectivity index (χ2n) is 6.10. The summed E-state index contributed by atoms with van der Waals surface area (Å²) in [5, 5.41) is 5.94. The van der Waals surface area contributed by atoms with Crippen LogP contribution in [-0.4, -0.2) is 54.7 Å². The van der Waals surface area contributed by atoms with Crippen LogP contribution >= 0.6 is 0 Å². The van der Waals surface area contributed by atoms with E-state index in [0.29, 0.717) is 26.2 Å². The number of rotatable bonds is 4. The van der Waals surface area contributed by atoms with Gasteiger partial charge in [0.1, 0.15) is 5.60 Å². The maximum absolute atomic E-state index is 12.0. The Balaban J connectivity index is 2.38. The number of nitrogens with one attached hydrogen (secondary N) is 2. The van der Waals surface area contributed by atoms with Crippen LogP contribution in [0.5, 0.6) is 0 Å². The van der Waals surface area contributed by atoms with Crippen LogP contribution in [0.2, 0.25) is 0 Å². The summed E-state index contributed by atoms with van der Waals surface area (Å²) in [4.78, 5) is 25.1. The molecule has 0 aromatic carbocycles. The van der Waals surface area contributed by atoms with Gasteiger partial charge in [-0.05, 0) is 40.5 Å². The van der Waals surface area contributed by atoms with Crippen molar-refractivity contribution in [1.82, 2.24) is 15.5 Å². The molecule has 0 bridgehead atoms. The number of carbonyl (C=O) groups is 2. The Hall–Kier alpha value is -1.30. The molecule has 6 heteroatoms. The molecule has 1 aliphatic heterocycles. The number of carbonyl (C=O) groups excluding carboxylic acids is 2. The SMILES string of the molecule is CCNC(=O)CNC1CCCN(C(=O)OC(C)(C)C)C1. The minimum absolute atomic E-state index is 0.0121. The van der Waals surface area contributed by atoms with Gasteiger partial charge in [0, 0.05) is 25.7 Å². The lowest BCUT2D eigenvalue weighted by Crippen LogP contribution is -2.51. The maximum atomic E-state index is 12.0. The lowest BCUT2D eigenvalue weighted by Gasteiger charge is -2.34. The van der Waals surface area contributed by atoms with Crippen molar-refractivity contribution in [3.8, 4) is 0 Å². The molecule has 0 aromatic heterocycles. The molecule has 0 radical (unpaired) electrons. The summed E-state index contributed by atoms with van der Waals surface area (Å²) in [7, 11) is 0. The number of likely N-dealkylation sites (N-methyl/N-ethyl adjacent to an activating group) is 1. The summed E-state index contributed by atoms with van der Waals surface area (Å²) in [5.41, 5.74) is -0.474. The summed E-state index contributed by atoms with van der Waals surface area (Å²) in [6, 6.07) is 0.152. The molecule has 6 nitrogen and oxygen atoms in total. The lowest BCUT2D eigenvalue weighted by molar-refractivity contribution is -0.120. The Morgan fingerprint density at radius 2 is 2.05 bits per heavy atom. The van der Waals surface area contributed by atoms with Gasteiger partial charge in [-0.25, -0.2) is 4.79 Å². The van der Waals surface area contributed by atoms with Gasteiger partial charge in [-0.1, -0.05) is 0 Å². The van der Waals surface area contributed by atoms with Crippen molar-refractivity contribution in [1.29, 1.82) is 0 Å². The standard InChI is InChI=1S/C14H27N3O3/c1-5-15-12(18)9-16-11-7-6-8-17(10-11)13(19)20-14(2,3)4/h11,16H,5-10H2,1-4H3,(H,15,18). The smallest absolute Gasteiger partial charge is 0.410 e. The quantitative estimate of drug-likeness (QED) is 0.812. The van der Waals surface area contributed by atoms with Gasteiger partial charge in [0.15, 0.2) is 0 Å². The van der Waals surface area contributed by atoms with Crippen molar-refractivity contribution in [3.05, 3.63) is 0 Å². The third-order valence-electron chi connectivity index (χ3n) is 3.00. The topological polar surface area (TPSA) is 70.7 Å². The molecule has 1 saturated heterocycles. The van der Waals surface area contributed by atoms with Crippen LogP contribution in [0.1, 0.15) is 40.5 Å². The fraction of sp³-hybridized carbons (Fsp3) is 0.857. The average Bonchev–Trinajstić information content (AvgIpc) is 2.35. The summed E-state index contributed by atoms with van der Waals surface area (Å²) >= 11 is 0. The van der Waals surface area contributed by atoms with E-state index in [4.69, 9.17) is 4.74 Å². The molecule has 1 aliphatic rings. The first-order valence-corrected chi connectivity index (χ1v) is 7.30. The number of hydrogen-bond donors (Lipinski definition) is 2. The average molecular weight is 285 g/mol. The van der Waals surface area contributed by atoms with Gasteiger partial charge in [-0.3, -0.25) is 4.79 Å². The Morgan fingerprint density at radius 1 is 1.35 bits per heavy atom. The van der Waals surface area contributed by atoms with Gasteiger partial charge >= 0.3 is 6.09 Å². The van der Waals surface area contributed by atoms with Crippen LogP contribution in [0.4, 0.5) is 4.79 Å². The van der Waals surface area contributed by atoms with Gasteiger partial charge in [0.2, 0.25) is 5.91 Å². The Morgan fingerprint density at radius 3 is 2.65 bits per heavy atom. The van der Waals surface area contributed by atoms with Crippen molar-refractivity contribution in [3.63, 3.8) is 0 Å². The van der Waals surface area contributed by atoms with E-state index in [2.05, 4.69) is 10.6 Å². The van der Waals surface area contributed by atoms with Gasteiger partial charge in [-0.2, -0.15) is 0 Å². The molecule has 0 saturated carbocycles. The normalized spacial score (nSPS) is 19.6. The molecule has 116 valence electrons. The van der Waals surface area contributed by atoms with E-state index in [1.165, 1.54) is 0 Å². The fourth-order valence-corrected chi connectivity index (χ4v) is 2.13. The minimum atomic E-state index is -0.474. The zero-order chi connectivity index (χ0) is 15.2. The maximum Gasteiger partial charge on any atom is 0.410 e. The third kappa shape index (κ3) is 6.23. The highest BCUT2D eigenvalue weighted by molar-refractivity contribution is 5.77. The van der Waals surface area contributed by atoms with Crippen LogP contribution in [0.3, 0.4) is 0 Å². The second kappa shape index (κ2) is 7.47. The molecule has 0 spiro atoms. The first-order chi connectivity index (χ1) is 9.31. The molecule has 2 amide bonds. The zero-order valence-electron chi connectivity index (χ0n) is 13.0. The molecule has 0 aliphatic carbocycles. The van der Waals surface area contributed by atoms with Gasteiger partial charge in [0.05, 0.1) is 6.54 Å². The van der Waals surface area contributed by atoms with Crippen LogP contribution < -0.4 is 10.6 Å². The highest BCUT2D eigenvalue weighted by atomic mass is 16.6. The number of piperidine rings is 1. The number of ether oxygens (including phenoxy) is 1. The molecule has 1 heterocycles. The van der Waals surface area contributed by atoms with Crippen LogP contribution in [0, 0.1) is 0 Å². The predicted molar refractivity (Wildman–Crippen MR) is 77.5 cm³/mol. The van der Waals surface area contributed by atoms with E-state index >= 15 is 0 Å². The lowest BCUT2D eigenvalue weighted by atomic mass is 10.1. The molecular formula is C14H27N3O3. The van der Waals surface area contributed by atoms with Crippen LogP contribution in [-0.2, 0) is 9.53 Å². The molecule has 0 aromatic rings. The van der Waals surface area contributed by atoms with Crippen LogP contribution in [0.25, 0.3) is 0 Å². The highest BCUT2D eigenvalue weighted by Gasteiger charge is 2.27. The molecule has 1 rings (SSSR count). The second-order valence-corrected chi connectivity index (χ2v) is 6.10. The van der Waals surface area contributed by atoms with Crippen LogP contribution in [0.15, 0.2) is 0 Å². The predicted octanol–water partition coefficient (Wildman–Crippen LogP) is 1.11. The largest absolute Gasteiger partial charge is 0.444 e. The number of likely N-dealkylation sites (tertiary alicyclic amines) is 1. The molecule has 20 heavy (non-hydrogen) atoms. The molecule has 1 fully saturated rings. The molecule has 1 atom stereocenters. The number of nitrogens with zero attached hydrogens (tertiary/aromatic N) is 1. The van der Waals surface area contributed by atoms with E-state index in [1.54, 1.807) is 4.90 Å². The van der Waals surface area contributed by atoms with Crippen molar-refractivity contribution in [2.45, 2.75) is 52.2 Å². The number of amides is 2. The van der Waals surface area contributed by atoms with Crippen molar-refractivity contribution in [2.75, 3.05) is 26.2 Å². The molecule has 1 unspecified atom stereocenters. The van der Waals surface area contributed by atoms with E-state index in [-0.39, 0.29) is 18.0 Å². The van der Waals surface area contributed by atoms with E-state index in [0.717, 1.165) is 12.8 Å². The fourth-order valence-electron chi connectivity index (χ4n) is 2.13. The highest BCUT2D eigenvalue weighted by Crippen LogP contribution is 2.15. The number of hydrogen-bond acceptors (Lipinski definition) is 4. The van der Waals surface area contributed by atoms with Crippen molar-refractivity contribution >= 4 is 12.0 Å². The monoisotopic (exact) mass is 285 g/mol. The van der Waals surface area contributed by atoms with Crippen molar-refractivity contribution in [2.24, 2.45) is 0 Å². The first-order valence-electron chi connectivity index (χ1n) is 7.30. The Labute approximate surface area is 121 Å². The Bertz CT molecular complexity index is 339. The zero-order valence-corrected chi connectivity index (χ0v) is 13.0. The Kier molecular flexibility index (Phi) is 6.26. The van der Waals surface area contributed by atoms with E-state index in [1.807, 2.05) is 27.7 Å². The van der Waals surface area contributed by atoms with Crippen molar-refractivity contribution < 1.29 is 14.3 Å². The summed E-state index contributed by atoms with van der Waals surface area (Å²) < 4.78 is 5.37. The summed E-state index contributed by atoms with van der Waals surface area (Å²) in [6.45, 7) is 9.71. The van der Waals surface area contributed by atoms with Gasteiger partial charge < -0.3 is 20.3 Å².